The summed E-state index contributed by atoms with van der Waals surface area (Å²) in [6, 6.07) is 1.63. The number of nitrogens with zero attached hydrogens (tertiary/aromatic N) is 1. The first-order valence-electron chi connectivity index (χ1n) is 6.90. The SMILES string of the molecule is Nc1cccc2c1C(N)(O)N(C1C(=O)NC(=O)C(O)(O)C1(N)O)C2=O. The van der Waals surface area contributed by atoms with E-state index in [0.717, 1.165) is 0 Å². The zero-order valence-electron chi connectivity index (χ0n) is 12.5. The van der Waals surface area contributed by atoms with Crippen LogP contribution >= 0.6 is 0 Å². The lowest BCUT2D eigenvalue weighted by atomic mass is 9.88. The zero-order chi connectivity index (χ0) is 18.9. The molecule has 3 rings (SSSR count). The number of carbonyl (C=O) groups excluding carboxylic acids is 3. The number of nitrogens with two attached hydrogens (primary N) is 3. The van der Waals surface area contributed by atoms with Gasteiger partial charge < -0.3 is 26.2 Å². The van der Waals surface area contributed by atoms with Crippen molar-refractivity contribution in [3.8, 4) is 0 Å². The van der Waals surface area contributed by atoms with Gasteiger partial charge in [0.15, 0.2) is 6.04 Å². The van der Waals surface area contributed by atoms with Gasteiger partial charge in [-0.2, -0.15) is 0 Å². The smallest absolute Gasteiger partial charge is 0.291 e. The maximum absolute atomic E-state index is 12.6. The van der Waals surface area contributed by atoms with E-state index >= 15 is 0 Å². The van der Waals surface area contributed by atoms with Gasteiger partial charge in [-0.05, 0) is 12.1 Å². The van der Waals surface area contributed by atoms with E-state index in [-0.39, 0.29) is 21.7 Å². The lowest BCUT2D eigenvalue weighted by Gasteiger charge is -2.48. The first-order chi connectivity index (χ1) is 11.3. The average Bonchev–Trinajstić information content (AvgIpc) is 2.67. The predicted octanol–water partition coefficient (Wildman–Crippen LogP) is -4.86. The number of hydrogen-bond donors (Lipinski definition) is 8. The molecule has 0 aromatic heterocycles. The maximum atomic E-state index is 12.6. The highest BCUT2D eigenvalue weighted by atomic mass is 16.5. The number of aliphatic hydroxyl groups is 4. The molecule has 0 bridgehead atoms. The van der Waals surface area contributed by atoms with Gasteiger partial charge in [-0.1, -0.05) is 6.07 Å². The number of benzene rings is 1. The Morgan fingerprint density at radius 2 is 1.68 bits per heavy atom. The standard InChI is InChI=1S/C13H15N5O7/c14-5-3-1-2-4-6(5)13(16,25)18(9(4)20)7-8(19)17-10(21)12(23,24)11(7,15)22/h1-3,7,22-25H,14-16H2,(H,17,19,21). The number of hydrogen-bond acceptors (Lipinski definition) is 10. The topological polar surface area (TPSA) is 225 Å². The Morgan fingerprint density at radius 3 is 2.24 bits per heavy atom. The second-order valence-electron chi connectivity index (χ2n) is 5.89. The molecule has 3 amide bonds. The van der Waals surface area contributed by atoms with Crippen molar-refractivity contribution in [3.63, 3.8) is 0 Å². The summed E-state index contributed by atoms with van der Waals surface area (Å²) in [5.74, 6) is -10.5. The summed E-state index contributed by atoms with van der Waals surface area (Å²) < 4.78 is 0. The monoisotopic (exact) mass is 353 g/mol. The molecule has 134 valence electrons. The van der Waals surface area contributed by atoms with Crippen LogP contribution in [0.3, 0.4) is 0 Å². The first-order valence-corrected chi connectivity index (χ1v) is 6.90. The Morgan fingerprint density at radius 1 is 1.08 bits per heavy atom. The van der Waals surface area contributed by atoms with Crippen molar-refractivity contribution in [1.29, 1.82) is 0 Å². The molecule has 2 aliphatic rings. The molecule has 0 saturated carbocycles. The largest absolute Gasteiger partial charge is 0.398 e. The van der Waals surface area contributed by atoms with Crippen molar-refractivity contribution in [2.45, 2.75) is 23.4 Å². The van der Waals surface area contributed by atoms with Crippen LogP contribution in [0.4, 0.5) is 5.69 Å². The minimum atomic E-state index is -3.65. The van der Waals surface area contributed by atoms with Crippen LogP contribution in [0.5, 0.6) is 0 Å². The fourth-order valence-corrected chi connectivity index (χ4v) is 3.03. The predicted molar refractivity (Wildman–Crippen MR) is 78.4 cm³/mol. The summed E-state index contributed by atoms with van der Waals surface area (Å²) in [5.41, 5.74) is 12.9. The molecular formula is C13H15N5O7. The summed E-state index contributed by atoms with van der Waals surface area (Å²) >= 11 is 0. The van der Waals surface area contributed by atoms with E-state index < -0.39 is 41.1 Å². The molecule has 1 aromatic rings. The molecule has 1 fully saturated rings. The third-order valence-electron chi connectivity index (χ3n) is 4.32. The molecule has 11 N–H and O–H groups in total. The van der Waals surface area contributed by atoms with E-state index in [9.17, 15) is 34.8 Å². The van der Waals surface area contributed by atoms with Gasteiger partial charge in [0.25, 0.3) is 23.5 Å². The normalized spacial score (nSPS) is 34.1. The molecular weight excluding hydrogens is 338 g/mol. The number of piperidine rings is 1. The molecule has 2 aliphatic heterocycles. The lowest BCUT2D eigenvalue weighted by molar-refractivity contribution is -0.286. The van der Waals surface area contributed by atoms with Gasteiger partial charge in [-0.3, -0.25) is 36.1 Å². The van der Waals surface area contributed by atoms with Crippen molar-refractivity contribution in [1.82, 2.24) is 10.2 Å². The quantitative estimate of drug-likeness (QED) is 0.136. The summed E-state index contributed by atoms with van der Waals surface area (Å²) in [7, 11) is 0. The number of nitrogens with one attached hydrogen (secondary N) is 1. The Hall–Kier alpha value is -2.61. The van der Waals surface area contributed by atoms with Crippen molar-refractivity contribution < 1.29 is 34.8 Å². The molecule has 0 spiro atoms. The van der Waals surface area contributed by atoms with Gasteiger partial charge in [-0.15, -0.1) is 0 Å². The molecule has 1 saturated heterocycles. The van der Waals surface area contributed by atoms with Crippen LogP contribution in [0.25, 0.3) is 0 Å². The number of amides is 3. The molecule has 25 heavy (non-hydrogen) atoms. The van der Waals surface area contributed by atoms with E-state index in [1.54, 1.807) is 5.32 Å². The summed E-state index contributed by atoms with van der Waals surface area (Å²) in [6.45, 7) is 0. The number of fused-ring (bicyclic) bond motifs is 1. The highest BCUT2D eigenvalue weighted by molar-refractivity contribution is 6.09. The number of anilines is 1. The van der Waals surface area contributed by atoms with Crippen LogP contribution in [-0.4, -0.2) is 60.6 Å². The van der Waals surface area contributed by atoms with Gasteiger partial charge in [0.2, 0.25) is 11.6 Å². The fourth-order valence-electron chi connectivity index (χ4n) is 3.03. The molecule has 12 nitrogen and oxygen atoms in total. The lowest BCUT2D eigenvalue weighted by Crippen LogP contribution is -2.84. The van der Waals surface area contributed by atoms with E-state index in [2.05, 4.69) is 0 Å². The number of rotatable bonds is 1. The highest BCUT2D eigenvalue weighted by Crippen LogP contribution is 2.41. The maximum Gasteiger partial charge on any atom is 0.291 e. The number of nitrogen functional groups attached to an aromatic ring is 1. The first kappa shape index (κ1) is 17.2. The average molecular weight is 353 g/mol. The minimum Gasteiger partial charge on any atom is -0.398 e. The Bertz CT molecular complexity index is 819. The van der Waals surface area contributed by atoms with Crippen molar-refractivity contribution in [2.24, 2.45) is 11.5 Å². The molecule has 3 unspecified atom stereocenters. The van der Waals surface area contributed by atoms with Gasteiger partial charge in [0.05, 0.1) is 11.1 Å². The van der Waals surface area contributed by atoms with E-state index in [1.807, 2.05) is 0 Å². The fraction of sp³-hybridized carbons (Fsp3) is 0.308. The van der Waals surface area contributed by atoms with Crippen LogP contribution in [0, 0.1) is 0 Å². The van der Waals surface area contributed by atoms with E-state index in [1.165, 1.54) is 18.2 Å². The van der Waals surface area contributed by atoms with Crippen molar-refractivity contribution >= 4 is 23.4 Å². The molecule has 0 radical (unpaired) electrons. The molecule has 0 aliphatic carbocycles. The van der Waals surface area contributed by atoms with Crippen molar-refractivity contribution in [3.05, 3.63) is 29.3 Å². The van der Waals surface area contributed by atoms with Crippen LogP contribution in [-0.2, 0) is 15.4 Å². The van der Waals surface area contributed by atoms with Gasteiger partial charge in [-0.25, -0.2) is 0 Å². The molecule has 12 heteroatoms. The number of carbonyl (C=O) groups is 3. The summed E-state index contributed by atoms with van der Waals surface area (Å²) in [5, 5.41) is 42.0. The van der Waals surface area contributed by atoms with Gasteiger partial charge in [0, 0.05) is 5.69 Å². The Kier molecular flexibility index (Phi) is 3.25. The molecule has 3 atom stereocenters. The Labute approximate surface area is 139 Å². The van der Waals surface area contributed by atoms with E-state index in [0.29, 0.717) is 0 Å². The Balaban J connectivity index is 2.20. The van der Waals surface area contributed by atoms with Crippen LogP contribution in [0.1, 0.15) is 15.9 Å². The number of imide groups is 1. The van der Waals surface area contributed by atoms with Gasteiger partial charge >= 0.3 is 0 Å². The summed E-state index contributed by atoms with van der Waals surface area (Å²) in [4.78, 5) is 36.6. The summed E-state index contributed by atoms with van der Waals surface area (Å²) in [6.07, 6.45) is 0. The van der Waals surface area contributed by atoms with Crippen LogP contribution in [0.2, 0.25) is 0 Å². The third-order valence-corrected chi connectivity index (χ3v) is 4.32. The van der Waals surface area contributed by atoms with Crippen LogP contribution < -0.4 is 22.5 Å². The second kappa shape index (κ2) is 4.72. The third kappa shape index (κ3) is 1.94. The van der Waals surface area contributed by atoms with Crippen LogP contribution in [0.15, 0.2) is 18.2 Å². The minimum absolute atomic E-state index is 0.0922. The second-order valence-corrected chi connectivity index (χ2v) is 5.89. The molecule has 1 aromatic carbocycles. The zero-order valence-corrected chi connectivity index (χ0v) is 12.5. The van der Waals surface area contributed by atoms with E-state index in [4.69, 9.17) is 17.2 Å². The highest BCUT2D eigenvalue weighted by Gasteiger charge is 2.68. The van der Waals surface area contributed by atoms with Gasteiger partial charge in [0.1, 0.15) is 0 Å². The van der Waals surface area contributed by atoms with Crippen molar-refractivity contribution in [2.75, 3.05) is 5.73 Å². The molecule has 2 heterocycles.